The van der Waals surface area contributed by atoms with Crippen LogP contribution in [0.5, 0.6) is 11.5 Å². The van der Waals surface area contributed by atoms with Gasteiger partial charge in [0.15, 0.2) is 11.3 Å². The molecule has 0 amide bonds. The van der Waals surface area contributed by atoms with E-state index in [4.69, 9.17) is 9.15 Å². The van der Waals surface area contributed by atoms with Crippen LogP contribution in [0.2, 0.25) is 0 Å². The van der Waals surface area contributed by atoms with Crippen LogP contribution in [-0.4, -0.2) is 0 Å². The molecular formula is C43H27NO2. The molecule has 3 heteroatoms. The summed E-state index contributed by atoms with van der Waals surface area (Å²) in [5.41, 5.74) is 11.6. The molecule has 0 N–H and O–H groups in total. The van der Waals surface area contributed by atoms with E-state index in [1.165, 1.54) is 22.3 Å². The minimum Gasteiger partial charge on any atom is -0.453 e. The number of nitrogens with zero attached hydrogens (tertiary/aromatic N) is 1. The van der Waals surface area contributed by atoms with Gasteiger partial charge in [-0.2, -0.15) is 0 Å². The van der Waals surface area contributed by atoms with E-state index in [2.05, 4.69) is 169 Å². The van der Waals surface area contributed by atoms with Crippen LogP contribution in [0, 0.1) is 0 Å². The molecule has 46 heavy (non-hydrogen) atoms. The molecule has 1 aliphatic carbocycles. The van der Waals surface area contributed by atoms with Crippen molar-refractivity contribution in [3.63, 3.8) is 0 Å². The Hall–Kier alpha value is -6.06. The third-order valence-corrected chi connectivity index (χ3v) is 9.73. The Labute approximate surface area is 266 Å². The molecule has 0 bridgehead atoms. The monoisotopic (exact) mass is 589 g/mol. The van der Waals surface area contributed by atoms with Gasteiger partial charge < -0.3 is 14.1 Å². The molecule has 10 rings (SSSR count). The standard InChI is InChI=1S/C43H27NO2/c1-3-14-28(15-4-1)44(29-16-5-2-6-17-29)37-23-13-25-39-40(37)32-26-27-36-42(41(32)46-39)45-38-24-12-11-22-35(38)43(36)33-20-9-7-18-30(33)31-19-8-10-21-34(31)43/h1-27H. The largest absolute Gasteiger partial charge is 0.453 e. The van der Waals surface area contributed by atoms with Crippen molar-refractivity contribution in [3.05, 3.63) is 186 Å². The van der Waals surface area contributed by atoms with Gasteiger partial charge in [-0.1, -0.05) is 115 Å². The van der Waals surface area contributed by atoms with Crippen molar-refractivity contribution < 1.29 is 9.15 Å². The Morgan fingerprint density at radius 1 is 0.457 bits per heavy atom. The van der Waals surface area contributed by atoms with Gasteiger partial charge in [0, 0.05) is 27.9 Å². The van der Waals surface area contributed by atoms with E-state index in [1.54, 1.807) is 0 Å². The molecule has 0 fully saturated rings. The van der Waals surface area contributed by atoms with E-state index in [-0.39, 0.29) is 0 Å². The van der Waals surface area contributed by atoms with Crippen LogP contribution in [0.3, 0.4) is 0 Å². The van der Waals surface area contributed by atoms with Crippen LogP contribution < -0.4 is 9.64 Å². The number of ether oxygens (including phenoxy) is 1. The van der Waals surface area contributed by atoms with Crippen molar-refractivity contribution >= 4 is 39.0 Å². The van der Waals surface area contributed by atoms with E-state index in [0.717, 1.165) is 61.6 Å². The summed E-state index contributed by atoms with van der Waals surface area (Å²) in [5.74, 6) is 1.63. The van der Waals surface area contributed by atoms with E-state index in [0.29, 0.717) is 0 Å². The van der Waals surface area contributed by atoms with Crippen molar-refractivity contribution in [3.8, 4) is 22.6 Å². The number of para-hydroxylation sites is 3. The molecular weight excluding hydrogens is 562 g/mol. The fourth-order valence-electron chi connectivity index (χ4n) is 7.95. The third kappa shape index (κ3) is 3.26. The highest BCUT2D eigenvalue weighted by molar-refractivity contribution is 6.15. The van der Waals surface area contributed by atoms with Crippen molar-refractivity contribution in [2.45, 2.75) is 5.41 Å². The predicted molar refractivity (Wildman–Crippen MR) is 186 cm³/mol. The molecule has 0 saturated heterocycles. The van der Waals surface area contributed by atoms with Crippen LogP contribution in [0.4, 0.5) is 17.1 Å². The van der Waals surface area contributed by atoms with E-state index < -0.39 is 5.41 Å². The van der Waals surface area contributed by atoms with Crippen molar-refractivity contribution in [1.82, 2.24) is 0 Å². The van der Waals surface area contributed by atoms with Gasteiger partial charge in [-0.05, 0) is 70.8 Å². The fourth-order valence-corrected chi connectivity index (χ4v) is 7.95. The number of anilines is 3. The zero-order chi connectivity index (χ0) is 30.2. The maximum atomic E-state index is 6.90. The number of fused-ring (bicyclic) bond motifs is 13. The van der Waals surface area contributed by atoms with Gasteiger partial charge in [-0.25, -0.2) is 0 Å². The fraction of sp³-hybridized carbons (Fsp3) is 0.0233. The molecule has 216 valence electrons. The Kier molecular flexibility index (Phi) is 5.20. The van der Waals surface area contributed by atoms with Crippen LogP contribution in [0.15, 0.2) is 168 Å². The second-order valence-corrected chi connectivity index (χ2v) is 12.0. The van der Waals surface area contributed by atoms with Gasteiger partial charge in [0.25, 0.3) is 0 Å². The summed E-state index contributed by atoms with van der Waals surface area (Å²) in [4.78, 5) is 2.30. The molecule has 3 nitrogen and oxygen atoms in total. The average molecular weight is 590 g/mol. The van der Waals surface area contributed by atoms with Gasteiger partial charge in [-0.3, -0.25) is 0 Å². The SMILES string of the molecule is c1ccc(N(c2ccccc2)c2cccc3oc4c5c(ccc4c23)C2(c3ccccc3O5)c3ccccc3-c3ccccc32)cc1. The normalized spacial score (nSPS) is 13.6. The minimum atomic E-state index is -0.534. The third-order valence-electron chi connectivity index (χ3n) is 9.73. The molecule has 0 saturated carbocycles. The zero-order valence-electron chi connectivity index (χ0n) is 24.9. The Bertz CT molecular complexity index is 2370. The molecule has 2 aliphatic rings. The predicted octanol–water partition coefficient (Wildman–Crippen LogP) is 11.5. The quantitative estimate of drug-likeness (QED) is 0.205. The van der Waals surface area contributed by atoms with E-state index in [1.807, 2.05) is 0 Å². The first-order valence-electron chi connectivity index (χ1n) is 15.7. The Balaban J connectivity index is 1.30. The first-order valence-corrected chi connectivity index (χ1v) is 15.7. The molecule has 0 radical (unpaired) electrons. The van der Waals surface area contributed by atoms with Gasteiger partial charge in [-0.15, -0.1) is 0 Å². The molecule has 1 aliphatic heterocycles. The first-order chi connectivity index (χ1) is 22.8. The summed E-state index contributed by atoms with van der Waals surface area (Å²) in [7, 11) is 0. The lowest BCUT2D eigenvalue weighted by Gasteiger charge is -2.39. The van der Waals surface area contributed by atoms with Crippen LogP contribution in [-0.2, 0) is 5.41 Å². The molecule has 7 aromatic carbocycles. The Morgan fingerprint density at radius 2 is 1.04 bits per heavy atom. The van der Waals surface area contributed by atoms with Crippen LogP contribution >= 0.6 is 0 Å². The topological polar surface area (TPSA) is 25.6 Å². The summed E-state index contributed by atoms with van der Waals surface area (Å²) in [6.45, 7) is 0. The molecule has 0 unspecified atom stereocenters. The van der Waals surface area contributed by atoms with E-state index in [9.17, 15) is 0 Å². The van der Waals surface area contributed by atoms with E-state index >= 15 is 0 Å². The van der Waals surface area contributed by atoms with Crippen LogP contribution in [0.1, 0.15) is 22.3 Å². The molecule has 1 aromatic heterocycles. The lowest BCUT2D eigenvalue weighted by Crippen LogP contribution is -2.32. The maximum absolute atomic E-state index is 6.90. The second kappa shape index (κ2) is 9.47. The second-order valence-electron chi connectivity index (χ2n) is 12.0. The highest BCUT2D eigenvalue weighted by atomic mass is 16.5. The highest BCUT2D eigenvalue weighted by Gasteiger charge is 2.51. The zero-order valence-corrected chi connectivity index (χ0v) is 24.9. The number of furan rings is 1. The van der Waals surface area contributed by atoms with Crippen molar-refractivity contribution in [2.75, 3.05) is 4.90 Å². The first kappa shape index (κ1) is 25.3. The molecule has 2 heterocycles. The molecule has 1 spiro atoms. The average Bonchev–Trinajstić information content (AvgIpc) is 3.65. The van der Waals surface area contributed by atoms with Gasteiger partial charge in [0.1, 0.15) is 11.3 Å². The van der Waals surface area contributed by atoms with Crippen molar-refractivity contribution in [2.24, 2.45) is 0 Å². The lowest BCUT2D eigenvalue weighted by molar-refractivity contribution is 0.432. The number of benzene rings is 7. The summed E-state index contributed by atoms with van der Waals surface area (Å²) in [5, 5.41) is 2.08. The van der Waals surface area contributed by atoms with Gasteiger partial charge in [0.2, 0.25) is 0 Å². The summed E-state index contributed by atoms with van der Waals surface area (Å²) < 4.78 is 13.8. The number of rotatable bonds is 3. The summed E-state index contributed by atoms with van der Waals surface area (Å²) in [6.07, 6.45) is 0. The maximum Gasteiger partial charge on any atom is 0.178 e. The van der Waals surface area contributed by atoms with Crippen LogP contribution in [0.25, 0.3) is 33.1 Å². The summed E-state index contributed by atoms with van der Waals surface area (Å²) in [6, 6.07) is 57.9. The smallest absolute Gasteiger partial charge is 0.178 e. The van der Waals surface area contributed by atoms with Gasteiger partial charge in [0.05, 0.1) is 16.5 Å². The van der Waals surface area contributed by atoms with Crippen molar-refractivity contribution in [1.29, 1.82) is 0 Å². The molecule has 8 aromatic rings. The summed E-state index contributed by atoms with van der Waals surface area (Å²) >= 11 is 0. The molecule has 0 atom stereocenters. The number of hydrogen-bond acceptors (Lipinski definition) is 3. The minimum absolute atomic E-state index is 0.534. The Morgan fingerprint density at radius 3 is 1.72 bits per heavy atom. The number of hydrogen-bond donors (Lipinski definition) is 0. The van der Waals surface area contributed by atoms with Gasteiger partial charge >= 0.3 is 0 Å². The lowest BCUT2D eigenvalue weighted by atomic mass is 9.66. The highest BCUT2D eigenvalue weighted by Crippen LogP contribution is 2.63.